The SMILES string of the molecule is CC#C/C=C\C#C[C@H](OC1OC(C)C(C(=O)c2cccc3c2[nH]c2ccc(O)cc23)CC1OC1CC(OC)C(NC(C)C)CO1)C1=C(NC(=O)OC)C(=O)C[C@H](O)/C1=C/CSC(C)=O. The molecule has 16 heteroatoms. The lowest BCUT2D eigenvalue weighted by Gasteiger charge is -2.43. The number of H-pyrrole nitrogens is 1. The molecule has 3 aromatic rings. The van der Waals surface area contributed by atoms with Crippen molar-refractivity contribution < 1.29 is 57.8 Å². The minimum Gasteiger partial charge on any atom is -0.508 e. The van der Waals surface area contributed by atoms with Gasteiger partial charge in [0.15, 0.2) is 29.3 Å². The van der Waals surface area contributed by atoms with Gasteiger partial charge >= 0.3 is 6.09 Å². The highest BCUT2D eigenvalue weighted by molar-refractivity contribution is 8.13. The molecule has 9 atom stereocenters. The number of aromatic hydroxyl groups is 1. The van der Waals surface area contributed by atoms with Crippen molar-refractivity contribution in [3.63, 3.8) is 0 Å². The van der Waals surface area contributed by atoms with E-state index in [1.165, 1.54) is 19.1 Å². The van der Waals surface area contributed by atoms with E-state index in [0.717, 1.165) is 35.2 Å². The highest BCUT2D eigenvalue weighted by atomic mass is 32.2. The molecule has 0 bridgehead atoms. The summed E-state index contributed by atoms with van der Waals surface area (Å²) >= 11 is 0.984. The quantitative estimate of drug-likeness (QED) is 0.105. The fourth-order valence-electron chi connectivity index (χ4n) is 8.22. The average Bonchev–Trinajstić information content (AvgIpc) is 3.63. The number of allylic oxidation sites excluding steroid dienone is 3. The standard InChI is InChI=1S/C48H55N3O12S/c1-8-9-10-11-12-16-39(43-31(19-20-64-28(5)52)37(54)23-38(55)45(43)51-48(57)59-7)63-47-41(62-42-24-40(58-6)36(25-60-42)49-26(2)3)22-33(27(4)61-47)46(56)32-15-13-14-30-34-21-29(53)17-18-35(34)50-44(30)32/h10-11,13-15,17-19,21,26-27,33,36-37,39-42,47,49-50,53-54H,20,22-25H2,1-7H3,(H,51,57)/b11-10-,31-19-/t27?,33?,36?,37-,39-,40?,41?,42?,47?/m0/s1. The van der Waals surface area contributed by atoms with E-state index >= 15 is 0 Å². The van der Waals surface area contributed by atoms with Gasteiger partial charge in [-0.05, 0) is 62.3 Å². The number of alkyl carbamates (subject to hydrolysis) is 1. The molecule has 64 heavy (non-hydrogen) atoms. The Kier molecular flexibility index (Phi) is 16.6. The van der Waals surface area contributed by atoms with Crippen LogP contribution in [0.5, 0.6) is 5.75 Å². The van der Waals surface area contributed by atoms with Crippen LogP contribution < -0.4 is 10.6 Å². The molecular weight excluding hydrogens is 843 g/mol. The highest BCUT2D eigenvalue weighted by Gasteiger charge is 2.46. The summed E-state index contributed by atoms with van der Waals surface area (Å²) in [6.07, 6.45) is -3.18. The molecule has 2 fully saturated rings. The topological polar surface area (TPSA) is 204 Å². The highest BCUT2D eigenvalue weighted by Crippen LogP contribution is 2.39. The lowest BCUT2D eigenvalue weighted by molar-refractivity contribution is -0.304. The Labute approximate surface area is 376 Å². The van der Waals surface area contributed by atoms with Gasteiger partial charge in [0.05, 0.1) is 55.2 Å². The Morgan fingerprint density at radius 3 is 2.58 bits per heavy atom. The van der Waals surface area contributed by atoms with E-state index in [1.807, 2.05) is 19.9 Å². The molecule has 3 aliphatic rings. The molecule has 2 saturated heterocycles. The summed E-state index contributed by atoms with van der Waals surface area (Å²) in [6, 6.07) is 10.4. The predicted molar refractivity (Wildman–Crippen MR) is 241 cm³/mol. The maximum atomic E-state index is 14.8. The number of rotatable bonds is 13. The molecule has 6 rings (SSSR count). The number of phenols is 1. The number of aliphatic hydroxyl groups is 1. The molecule has 1 aromatic heterocycles. The molecule has 1 amide bonds. The van der Waals surface area contributed by atoms with Crippen molar-refractivity contribution in [1.82, 2.24) is 15.6 Å². The van der Waals surface area contributed by atoms with Crippen LogP contribution in [0, 0.1) is 29.6 Å². The minimum absolute atomic E-state index is 0.0291. The van der Waals surface area contributed by atoms with E-state index < -0.39 is 54.8 Å². The first-order chi connectivity index (χ1) is 30.7. The molecule has 0 spiro atoms. The Morgan fingerprint density at radius 2 is 1.86 bits per heavy atom. The molecule has 3 heterocycles. The second-order valence-corrected chi connectivity index (χ2v) is 17.1. The monoisotopic (exact) mass is 897 g/mol. The lowest BCUT2D eigenvalue weighted by Crippen LogP contribution is -2.55. The minimum atomic E-state index is -1.38. The van der Waals surface area contributed by atoms with Gasteiger partial charge in [0.2, 0.25) is 0 Å². The Hall–Kier alpha value is -5.27. The second kappa shape index (κ2) is 22.1. The first-order valence-corrected chi connectivity index (χ1v) is 22.1. The molecule has 2 aromatic carbocycles. The first kappa shape index (κ1) is 48.2. The van der Waals surface area contributed by atoms with Crippen molar-refractivity contribution >= 4 is 56.3 Å². The molecule has 7 unspecified atom stereocenters. The smallest absolute Gasteiger partial charge is 0.411 e. The van der Waals surface area contributed by atoms with E-state index in [-0.39, 0.29) is 76.9 Å². The third-order valence-electron chi connectivity index (χ3n) is 11.2. The number of nitrogens with one attached hydrogen (secondary N) is 3. The zero-order chi connectivity index (χ0) is 46.1. The van der Waals surface area contributed by atoms with Gasteiger partial charge in [0.25, 0.3) is 0 Å². The van der Waals surface area contributed by atoms with Crippen molar-refractivity contribution in [2.24, 2.45) is 5.92 Å². The van der Waals surface area contributed by atoms with E-state index in [2.05, 4.69) is 39.3 Å². The van der Waals surface area contributed by atoms with Crippen LogP contribution in [0.25, 0.3) is 21.8 Å². The number of fused-ring (bicyclic) bond motifs is 3. The molecule has 5 N–H and O–H groups in total. The van der Waals surface area contributed by atoms with Crippen molar-refractivity contribution in [1.29, 1.82) is 0 Å². The van der Waals surface area contributed by atoms with Crippen LogP contribution in [0.15, 0.2) is 71.5 Å². The summed E-state index contributed by atoms with van der Waals surface area (Å²) in [4.78, 5) is 56.6. The van der Waals surface area contributed by atoms with E-state index in [0.29, 0.717) is 17.5 Å². The number of amides is 1. The number of phenolic OH excluding ortho intramolecular Hbond substituents is 1. The van der Waals surface area contributed by atoms with Crippen LogP contribution in [0.1, 0.15) is 64.2 Å². The number of Topliss-reactive ketones (excluding diaryl/α,β-unsaturated/α-hetero) is 2. The fourth-order valence-corrected chi connectivity index (χ4v) is 8.72. The number of carbonyl (C=O) groups is 4. The summed E-state index contributed by atoms with van der Waals surface area (Å²) in [5.74, 6) is 10.1. The first-order valence-electron chi connectivity index (χ1n) is 21.1. The van der Waals surface area contributed by atoms with Crippen LogP contribution in [-0.4, -0.2) is 120 Å². The molecule has 2 aliphatic heterocycles. The second-order valence-electron chi connectivity index (χ2n) is 15.9. The Bertz CT molecular complexity index is 2450. The number of hydrogen-bond donors (Lipinski definition) is 5. The summed E-state index contributed by atoms with van der Waals surface area (Å²) < 4.78 is 37.2. The van der Waals surface area contributed by atoms with Crippen LogP contribution in [0.4, 0.5) is 4.79 Å². The molecule has 0 radical (unpaired) electrons. The van der Waals surface area contributed by atoms with Crippen molar-refractivity contribution in [3.05, 3.63) is 77.0 Å². The van der Waals surface area contributed by atoms with Gasteiger partial charge < -0.3 is 48.9 Å². The number of aromatic nitrogens is 1. The normalized spacial score (nSPS) is 26.1. The average molecular weight is 898 g/mol. The molecule has 15 nitrogen and oxygen atoms in total. The Morgan fingerprint density at radius 1 is 1.08 bits per heavy atom. The summed E-state index contributed by atoms with van der Waals surface area (Å²) in [5.41, 5.74) is 1.79. The fraction of sp³-hybridized carbons (Fsp3) is 0.458. The van der Waals surface area contributed by atoms with Crippen LogP contribution in [0.2, 0.25) is 0 Å². The van der Waals surface area contributed by atoms with E-state index in [1.54, 1.807) is 57.4 Å². The number of thioether (sulfide) groups is 1. The third-order valence-corrected chi connectivity index (χ3v) is 11.9. The van der Waals surface area contributed by atoms with Crippen molar-refractivity contribution in [2.45, 2.75) is 109 Å². The van der Waals surface area contributed by atoms with Gasteiger partial charge in [-0.15, -0.1) is 5.92 Å². The van der Waals surface area contributed by atoms with Gasteiger partial charge in [-0.25, -0.2) is 4.79 Å². The number of carbonyl (C=O) groups excluding carboxylic acids is 4. The van der Waals surface area contributed by atoms with Gasteiger partial charge in [-0.1, -0.05) is 61.6 Å². The van der Waals surface area contributed by atoms with E-state index in [9.17, 15) is 29.4 Å². The number of aromatic amines is 1. The largest absolute Gasteiger partial charge is 0.508 e. The molecule has 340 valence electrons. The predicted octanol–water partition coefficient (Wildman–Crippen LogP) is 5.59. The van der Waals surface area contributed by atoms with Gasteiger partial charge in [0.1, 0.15) is 18.0 Å². The van der Waals surface area contributed by atoms with Gasteiger partial charge in [-0.3, -0.25) is 19.7 Å². The van der Waals surface area contributed by atoms with E-state index in [4.69, 9.17) is 28.4 Å². The maximum absolute atomic E-state index is 14.8. The number of methoxy groups -OCH3 is 2. The summed E-state index contributed by atoms with van der Waals surface area (Å²) in [7, 11) is 2.77. The van der Waals surface area contributed by atoms with Crippen LogP contribution in [-0.2, 0) is 38.0 Å². The number of aliphatic hydroxyl groups excluding tert-OH is 1. The third kappa shape index (κ3) is 11.5. The zero-order valence-electron chi connectivity index (χ0n) is 36.9. The number of hydrogen-bond acceptors (Lipinski definition) is 14. The maximum Gasteiger partial charge on any atom is 0.411 e. The van der Waals surface area contributed by atoms with Gasteiger partial charge in [-0.2, -0.15) is 0 Å². The number of benzene rings is 2. The summed E-state index contributed by atoms with van der Waals surface area (Å²) in [5, 5.41) is 29.0. The van der Waals surface area contributed by atoms with Gasteiger partial charge in [0, 0.05) is 66.1 Å². The van der Waals surface area contributed by atoms with Crippen LogP contribution in [0.3, 0.4) is 0 Å². The molecular formula is C48H55N3O12S. The molecule has 0 saturated carbocycles. The number of ether oxygens (including phenoxy) is 6. The zero-order valence-corrected chi connectivity index (χ0v) is 37.7. The number of para-hydroxylation sites is 1. The van der Waals surface area contributed by atoms with Crippen molar-refractivity contribution in [3.8, 4) is 29.4 Å². The van der Waals surface area contributed by atoms with Crippen LogP contribution >= 0.6 is 11.8 Å². The van der Waals surface area contributed by atoms with Crippen molar-refractivity contribution in [2.75, 3.05) is 26.6 Å². The molecule has 1 aliphatic carbocycles. The number of ketones is 2. The Balaban J connectivity index is 1.43. The lowest BCUT2D eigenvalue weighted by atomic mass is 9.84. The summed E-state index contributed by atoms with van der Waals surface area (Å²) in [6.45, 7) is 9.16.